The molecular weight excluding hydrogens is 410 g/mol. The molecule has 0 aliphatic rings. The topological polar surface area (TPSA) is 123 Å². The van der Waals surface area contributed by atoms with Crippen LogP contribution in [-0.2, 0) is 0 Å². The van der Waals surface area contributed by atoms with Crippen molar-refractivity contribution in [1.29, 1.82) is 0 Å². The number of carbonyl (C=O) groups is 1. The van der Waals surface area contributed by atoms with Gasteiger partial charge >= 0.3 is 0 Å². The predicted octanol–water partition coefficient (Wildman–Crippen LogP) is 4.30. The summed E-state index contributed by atoms with van der Waals surface area (Å²) in [5.74, 6) is 0.148. The lowest BCUT2D eigenvalue weighted by Crippen LogP contribution is -2.19. The van der Waals surface area contributed by atoms with Gasteiger partial charge in [-0.3, -0.25) is 20.0 Å². The summed E-state index contributed by atoms with van der Waals surface area (Å²) in [6.45, 7) is 1.65. The number of hydrogen-bond acceptors (Lipinski definition) is 6. The standard InChI is InChI=1S/C23H19N5O4/c1-14(16-7-5-8-17(12-16)28(30)31)24-27-23(29)20-13-19(25-26-20)22-18-9-4-3-6-15(18)10-11-21(22)32-2/h3-13H,1-2H3,(H,25,26)(H,27,29)/b24-14+. The van der Waals surface area contributed by atoms with Crippen molar-refractivity contribution in [2.24, 2.45) is 5.10 Å². The van der Waals surface area contributed by atoms with E-state index >= 15 is 0 Å². The van der Waals surface area contributed by atoms with Crippen LogP contribution >= 0.6 is 0 Å². The molecule has 0 saturated heterocycles. The number of amides is 1. The first-order valence-electron chi connectivity index (χ1n) is 9.69. The fourth-order valence-electron chi connectivity index (χ4n) is 3.36. The van der Waals surface area contributed by atoms with Gasteiger partial charge in [0.2, 0.25) is 0 Å². The summed E-state index contributed by atoms with van der Waals surface area (Å²) >= 11 is 0. The van der Waals surface area contributed by atoms with Crippen molar-refractivity contribution in [3.63, 3.8) is 0 Å². The number of hydrogen-bond donors (Lipinski definition) is 2. The van der Waals surface area contributed by atoms with Crippen molar-refractivity contribution in [2.75, 3.05) is 7.11 Å². The molecule has 0 fully saturated rings. The third-order valence-electron chi connectivity index (χ3n) is 4.99. The van der Waals surface area contributed by atoms with Crippen molar-refractivity contribution in [3.8, 4) is 17.0 Å². The van der Waals surface area contributed by atoms with Crippen molar-refractivity contribution in [2.45, 2.75) is 6.92 Å². The van der Waals surface area contributed by atoms with Gasteiger partial charge in [0.1, 0.15) is 11.4 Å². The number of ether oxygens (including phenoxy) is 1. The molecule has 1 amide bonds. The van der Waals surface area contributed by atoms with Gasteiger partial charge in [0.15, 0.2) is 0 Å². The molecule has 32 heavy (non-hydrogen) atoms. The van der Waals surface area contributed by atoms with Crippen LogP contribution < -0.4 is 10.2 Å². The summed E-state index contributed by atoms with van der Waals surface area (Å²) in [4.78, 5) is 23.1. The maximum Gasteiger partial charge on any atom is 0.289 e. The van der Waals surface area contributed by atoms with E-state index in [0.29, 0.717) is 22.7 Å². The first kappa shape index (κ1) is 20.7. The summed E-state index contributed by atoms with van der Waals surface area (Å²) < 4.78 is 5.51. The van der Waals surface area contributed by atoms with Gasteiger partial charge in [-0.2, -0.15) is 10.2 Å². The molecule has 0 aliphatic heterocycles. The summed E-state index contributed by atoms with van der Waals surface area (Å²) in [6.07, 6.45) is 0. The molecule has 1 aromatic heterocycles. The van der Waals surface area contributed by atoms with Crippen molar-refractivity contribution in [3.05, 3.63) is 88.1 Å². The van der Waals surface area contributed by atoms with Gasteiger partial charge in [0.25, 0.3) is 11.6 Å². The maximum atomic E-state index is 12.6. The molecule has 9 nitrogen and oxygen atoms in total. The molecule has 0 atom stereocenters. The smallest absolute Gasteiger partial charge is 0.289 e. The monoisotopic (exact) mass is 429 g/mol. The van der Waals surface area contributed by atoms with Crippen molar-refractivity contribution < 1.29 is 14.5 Å². The van der Waals surface area contributed by atoms with E-state index in [4.69, 9.17) is 4.74 Å². The fraction of sp³-hybridized carbons (Fsp3) is 0.0870. The predicted molar refractivity (Wildman–Crippen MR) is 121 cm³/mol. The molecule has 9 heteroatoms. The molecule has 0 bridgehead atoms. The van der Waals surface area contributed by atoms with Gasteiger partial charge in [-0.1, -0.05) is 42.5 Å². The Kier molecular flexibility index (Phi) is 5.63. The lowest BCUT2D eigenvalue weighted by Gasteiger charge is -2.09. The normalized spacial score (nSPS) is 11.4. The van der Waals surface area contributed by atoms with Gasteiger partial charge in [-0.25, -0.2) is 5.43 Å². The van der Waals surface area contributed by atoms with E-state index in [1.165, 1.54) is 12.1 Å². The van der Waals surface area contributed by atoms with Crippen LogP contribution in [0.4, 0.5) is 5.69 Å². The number of aromatic nitrogens is 2. The van der Waals surface area contributed by atoms with Gasteiger partial charge < -0.3 is 4.74 Å². The van der Waals surface area contributed by atoms with Gasteiger partial charge in [0.05, 0.1) is 29.0 Å². The zero-order valence-corrected chi connectivity index (χ0v) is 17.3. The molecule has 4 rings (SSSR count). The van der Waals surface area contributed by atoms with Crippen LogP contribution in [0.1, 0.15) is 23.0 Å². The highest BCUT2D eigenvalue weighted by Gasteiger charge is 2.17. The van der Waals surface area contributed by atoms with E-state index in [0.717, 1.165) is 16.3 Å². The number of nitro benzene ring substituents is 1. The molecule has 1 heterocycles. The molecule has 0 radical (unpaired) electrons. The molecule has 0 aliphatic carbocycles. The second kappa shape index (κ2) is 8.68. The molecular formula is C23H19N5O4. The number of non-ortho nitro benzene ring substituents is 1. The summed E-state index contributed by atoms with van der Waals surface area (Å²) in [7, 11) is 1.58. The Labute approximate surface area is 182 Å². The molecule has 0 unspecified atom stereocenters. The molecule has 4 aromatic rings. The summed E-state index contributed by atoms with van der Waals surface area (Å²) in [5, 5.41) is 24.0. The van der Waals surface area contributed by atoms with Crippen LogP contribution in [-0.4, -0.2) is 33.8 Å². The Morgan fingerprint density at radius 2 is 1.94 bits per heavy atom. The van der Waals surface area contributed by atoms with Crippen LogP contribution in [0.5, 0.6) is 5.75 Å². The van der Waals surface area contributed by atoms with Crippen LogP contribution in [0.2, 0.25) is 0 Å². The van der Waals surface area contributed by atoms with E-state index in [9.17, 15) is 14.9 Å². The highest BCUT2D eigenvalue weighted by molar-refractivity contribution is 6.02. The largest absolute Gasteiger partial charge is 0.496 e. The Morgan fingerprint density at radius 3 is 2.72 bits per heavy atom. The highest BCUT2D eigenvalue weighted by atomic mass is 16.6. The maximum absolute atomic E-state index is 12.6. The molecule has 2 N–H and O–H groups in total. The van der Waals surface area contributed by atoms with Crippen LogP contribution in [0.3, 0.4) is 0 Å². The third-order valence-corrected chi connectivity index (χ3v) is 4.99. The Balaban J connectivity index is 1.59. The molecule has 0 spiro atoms. The quantitative estimate of drug-likeness (QED) is 0.269. The number of benzene rings is 3. The SMILES string of the molecule is COc1ccc2ccccc2c1-c1cc(C(=O)N/N=C(\C)c2cccc([N+](=O)[O-])c2)[nH]n1. The zero-order valence-electron chi connectivity index (χ0n) is 17.3. The number of carbonyl (C=O) groups excluding carboxylic acids is 1. The Hall–Kier alpha value is -4.53. The number of fused-ring (bicyclic) bond motifs is 1. The van der Waals surface area contributed by atoms with Crippen LogP contribution in [0, 0.1) is 10.1 Å². The van der Waals surface area contributed by atoms with E-state index in [2.05, 4.69) is 20.7 Å². The number of aromatic amines is 1. The van der Waals surface area contributed by atoms with Crippen molar-refractivity contribution >= 4 is 28.1 Å². The number of hydrazone groups is 1. The molecule has 0 saturated carbocycles. The average Bonchev–Trinajstić information content (AvgIpc) is 3.31. The summed E-state index contributed by atoms with van der Waals surface area (Å²) in [5.41, 5.74) is 4.91. The molecule has 160 valence electrons. The highest BCUT2D eigenvalue weighted by Crippen LogP contribution is 2.36. The fourth-order valence-corrected chi connectivity index (χ4v) is 3.36. The third kappa shape index (κ3) is 4.04. The second-order valence-corrected chi connectivity index (χ2v) is 6.98. The Morgan fingerprint density at radius 1 is 1.12 bits per heavy atom. The van der Waals surface area contributed by atoms with Gasteiger partial charge in [-0.15, -0.1) is 0 Å². The lowest BCUT2D eigenvalue weighted by molar-refractivity contribution is -0.384. The number of H-pyrrole nitrogens is 1. The minimum atomic E-state index is -0.493. The van der Waals surface area contributed by atoms with Crippen LogP contribution in [0.15, 0.2) is 71.8 Å². The van der Waals surface area contributed by atoms with Gasteiger partial charge in [-0.05, 0) is 29.8 Å². The van der Waals surface area contributed by atoms with E-state index in [-0.39, 0.29) is 11.4 Å². The van der Waals surface area contributed by atoms with E-state index in [1.807, 2.05) is 36.4 Å². The number of nitrogens with zero attached hydrogens (tertiary/aromatic N) is 3. The van der Waals surface area contributed by atoms with Gasteiger partial charge in [0, 0.05) is 17.7 Å². The Bertz CT molecular complexity index is 1360. The first-order valence-corrected chi connectivity index (χ1v) is 9.69. The average molecular weight is 429 g/mol. The first-order chi connectivity index (χ1) is 15.5. The number of nitrogens with one attached hydrogen (secondary N) is 2. The zero-order chi connectivity index (χ0) is 22.7. The molecule has 3 aromatic carbocycles. The number of nitro groups is 1. The van der Waals surface area contributed by atoms with Crippen LogP contribution in [0.25, 0.3) is 22.0 Å². The number of rotatable bonds is 6. The lowest BCUT2D eigenvalue weighted by atomic mass is 10.0. The van der Waals surface area contributed by atoms with Crippen molar-refractivity contribution in [1.82, 2.24) is 15.6 Å². The summed E-state index contributed by atoms with van der Waals surface area (Å²) in [6, 6.07) is 19.3. The van der Waals surface area contributed by atoms with E-state index in [1.54, 1.807) is 32.2 Å². The minimum Gasteiger partial charge on any atom is -0.496 e. The minimum absolute atomic E-state index is 0.0504. The van der Waals surface area contributed by atoms with E-state index < -0.39 is 10.8 Å². The number of methoxy groups -OCH3 is 1. The second-order valence-electron chi connectivity index (χ2n) is 6.98.